The number of rotatable bonds is 6. The van der Waals surface area contributed by atoms with Gasteiger partial charge in [-0.3, -0.25) is 9.69 Å². The highest BCUT2D eigenvalue weighted by Gasteiger charge is 2.27. The molecule has 0 unspecified atom stereocenters. The van der Waals surface area contributed by atoms with Crippen LogP contribution in [0.4, 0.5) is 0 Å². The van der Waals surface area contributed by atoms with E-state index >= 15 is 0 Å². The molecule has 2 aliphatic rings. The van der Waals surface area contributed by atoms with Gasteiger partial charge in [0.1, 0.15) is 6.10 Å². The molecule has 134 valence electrons. The van der Waals surface area contributed by atoms with Crippen LogP contribution in [0.5, 0.6) is 0 Å². The van der Waals surface area contributed by atoms with Crippen molar-refractivity contribution in [2.24, 2.45) is 5.92 Å². The Hall–Kier alpha value is -0.650. The largest absolute Gasteiger partial charge is 0.373 e. The number of hydrogen-bond acceptors (Lipinski definition) is 4. The third-order valence-corrected chi connectivity index (χ3v) is 5.04. The molecule has 0 aliphatic carbocycles. The first kappa shape index (κ1) is 18.7. The Kier molecular flexibility index (Phi) is 7.31. The third-order valence-electron chi connectivity index (χ3n) is 5.04. The van der Waals surface area contributed by atoms with E-state index in [9.17, 15) is 4.79 Å². The molecule has 0 aromatic carbocycles. The van der Waals surface area contributed by atoms with E-state index in [1.54, 1.807) is 0 Å². The molecule has 1 amide bonds. The maximum absolute atomic E-state index is 12.3. The quantitative estimate of drug-likeness (QED) is 0.750. The van der Waals surface area contributed by atoms with Crippen LogP contribution in [0, 0.1) is 5.92 Å². The highest BCUT2D eigenvalue weighted by Crippen LogP contribution is 2.22. The van der Waals surface area contributed by atoms with E-state index in [1.807, 2.05) is 18.7 Å². The Balaban J connectivity index is 1.67. The first-order valence-electron chi connectivity index (χ1n) is 9.27. The van der Waals surface area contributed by atoms with Crippen molar-refractivity contribution in [3.05, 3.63) is 0 Å². The van der Waals surface area contributed by atoms with Gasteiger partial charge in [0.25, 0.3) is 5.91 Å². The van der Waals surface area contributed by atoms with Crippen LogP contribution in [0.3, 0.4) is 0 Å². The van der Waals surface area contributed by atoms with Gasteiger partial charge >= 0.3 is 0 Å². The van der Waals surface area contributed by atoms with Crippen LogP contribution in [-0.4, -0.2) is 73.3 Å². The van der Waals surface area contributed by atoms with E-state index in [1.165, 1.54) is 6.42 Å². The Morgan fingerprint density at radius 1 is 1.22 bits per heavy atom. The van der Waals surface area contributed by atoms with Crippen LogP contribution in [-0.2, 0) is 14.3 Å². The second-order valence-electron chi connectivity index (χ2n) is 7.17. The Morgan fingerprint density at radius 2 is 1.83 bits per heavy atom. The van der Waals surface area contributed by atoms with Gasteiger partial charge < -0.3 is 14.4 Å². The van der Waals surface area contributed by atoms with Crippen molar-refractivity contribution < 1.29 is 14.3 Å². The number of carbonyl (C=O) groups is 1. The molecular weight excluding hydrogens is 292 g/mol. The molecule has 0 aromatic rings. The summed E-state index contributed by atoms with van der Waals surface area (Å²) >= 11 is 0. The average molecular weight is 326 g/mol. The summed E-state index contributed by atoms with van der Waals surface area (Å²) in [5, 5.41) is 0. The van der Waals surface area contributed by atoms with Gasteiger partial charge in [-0.15, -0.1) is 0 Å². The summed E-state index contributed by atoms with van der Waals surface area (Å²) in [5.41, 5.74) is 0. The van der Waals surface area contributed by atoms with Crippen LogP contribution in [0.1, 0.15) is 47.0 Å². The highest BCUT2D eigenvalue weighted by atomic mass is 16.5. The first-order chi connectivity index (χ1) is 11.0. The monoisotopic (exact) mass is 326 g/mol. The molecule has 2 aliphatic heterocycles. The number of likely N-dealkylation sites (tertiary alicyclic amines) is 1. The van der Waals surface area contributed by atoms with Crippen molar-refractivity contribution in [2.75, 3.05) is 39.3 Å². The summed E-state index contributed by atoms with van der Waals surface area (Å²) in [4.78, 5) is 16.8. The smallest absolute Gasteiger partial charge is 0.251 e. The third kappa shape index (κ3) is 5.73. The minimum Gasteiger partial charge on any atom is -0.373 e. The molecule has 5 heteroatoms. The lowest BCUT2D eigenvalue weighted by atomic mass is 9.93. The molecule has 2 heterocycles. The fourth-order valence-electron chi connectivity index (χ4n) is 3.85. The molecule has 2 rings (SSSR count). The van der Waals surface area contributed by atoms with Crippen molar-refractivity contribution in [2.45, 2.75) is 65.3 Å². The zero-order valence-electron chi connectivity index (χ0n) is 15.3. The van der Waals surface area contributed by atoms with Crippen LogP contribution in [0.25, 0.3) is 0 Å². The molecule has 2 fully saturated rings. The Bertz CT molecular complexity index is 359. The standard InChI is InChI=1S/C18H34N2O3/c1-5-22-16(4)18(21)20-10-7-17(8-11-20)6-9-19-12-14(2)23-15(3)13-19/h14-17H,5-13H2,1-4H3/t14-,15-,16-/m1/s1. The molecule has 3 atom stereocenters. The summed E-state index contributed by atoms with van der Waals surface area (Å²) in [6.07, 6.45) is 3.88. The predicted molar refractivity (Wildman–Crippen MR) is 91.5 cm³/mol. The number of amides is 1. The molecule has 0 bridgehead atoms. The lowest BCUT2D eigenvalue weighted by molar-refractivity contribution is -0.143. The van der Waals surface area contributed by atoms with E-state index in [-0.39, 0.29) is 12.0 Å². The van der Waals surface area contributed by atoms with E-state index in [0.29, 0.717) is 18.8 Å². The molecule has 5 nitrogen and oxygen atoms in total. The number of carbonyl (C=O) groups excluding carboxylic acids is 1. The summed E-state index contributed by atoms with van der Waals surface area (Å²) in [6, 6.07) is 0. The van der Waals surface area contributed by atoms with Gasteiger partial charge in [0.05, 0.1) is 12.2 Å². The van der Waals surface area contributed by atoms with Crippen molar-refractivity contribution in [3.8, 4) is 0 Å². The van der Waals surface area contributed by atoms with Crippen LogP contribution < -0.4 is 0 Å². The van der Waals surface area contributed by atoms with E-state index in [2.05, 4.69) is 18.7 Å². The molecule has 0 aromatic heterocycles. The minimum absolute atomic E-state index is 0.154. The second kappa shape index (κ2) is 9.00. The van der Waals surface area contributed by atoms with Gasteiger partial charge in [-0.2, -0.15) is 0 Å². The molecule has 0 N–H and O–H groups in total. The molecule has 0 radical (unpaired) electrons. The van der Waals surface area contributed by atoms with E-state index in [4.69, 9.17) is 9.47 Å². The number of ether oxygens (including phenoxy) is 2. The lowest BCUT2D eigenvalue weighted by Gasteiger charge is -2.37. The molecule has 0 saturated carbocycles. The fourth-order valence-corrected chi connectivity index (χ4v) is 3.85. The van der Waals surface area contributed by atoms with Gasteiger partial charge in [-0.25, -0.2) is 0 Å². The summed E-state index contributed by atoms with van der Waals surface area (Å²) in [7, 11) is 0. The fraction of sp³-hybridized carbons (Fsp3) is 0.944. The van der Waals surface area contributed by atoms with Crippen molar-refractivity contribution in [3.63, 3.8) is 0 Å². The summed E-state index contributed by atoms with van der Waals surface area (Å²) < 4.78 is 11.2. The maximum atomic E-state index is 12.3. The highest BCUT2D eigenvalue weighted by molar-refractivity contribution is 5.80. The SMILES string of the molecule is CCO[C@H](C)C(=O)N1CCC(CCN2C[C@@H](C)O[C@H](C)C2)CC1. The summed E-state index contributed by atoms with van der Waals surface area (Å²) in [5.74, 6) is 0.899. The van der Waals surface area contributed by atoms with Gasteiger partial charge in [0.15, 0.2) is 0 Å². The Morgan fingerprint density at radius 3 is 2.39 bits per heavy atom. The van der Waals surface area contributed by atoms with Crippen molar-refractivity contribution in [1.29, 1.82) is 0 Å². The van der Waals surface area contributed by atoms with Crippen LogP contribution >= 0.6 is 0 Å². The maximum Gasteiger partial charge on any atom is 0.251 e. The van der Waals surface area contributed by atoms with E-state index < -0.39 is 0 Å². The van der Waals surface area contributed by atoms with E-state index in [0.717, 1.165) is 51.5 Å². The molecular formula is C18H34N2O3. The average Bonchev–Trinajstić information content (AvgIpc) is 2.52. The second-order valence-corrected chi connectivity index (χ2v) is 7.17. The zero-order valence-corrected chi connectivity index (χ0v) is 15.3. The Labute approximate surface area is 141 Å². The normalized spacial score (nSPS) is 28.8. The number of piperidine rings is 1. The van der Waals surface area contributed by atoms with Crippen molar-refractivity contribution in [1.82, 2.24) is 9.80 Å². The first-order valence-corrected chi connectivity index (χ1v) is 9.27. The molecule has 0 spiro atoms. The zero-order chi connectivity index (χ0) is 16.8. The molecule has 23 heavy (non-hydrogen) atoms. The van der Waals surface area contributed by atoms with Gasteiger partial charge in [0, 0.05) is 32.8 Å². The van der Waals surface area contributed by atoms with Crippen LogP contribution in [0.15, 0.2) is 0 Å². The minimum atomic E-state index is -0.298. The number of hydrogen-bond donors (Lipinski definition) is 0. The van der Waals surface area contributed by atoms with Gasteiger partial charge in [-0.05, 0) is 59.4 Å². The predicted octanol–water partition coefficient (Wildman–Crippen LogP) is 2.15. The van der Waals surface area contributed by atoms with Crippen LogP contribution in [0.2, 0.25) is 0 Å². The molecule has 2 saturated heterocycles. The van der Waals surface area contributed by atoms with Crippen molar-refractivity contribution >= 4 is 5.91 Å². The van der Waals surface area contributed by atoms with Gasteiger partial charge in [0.2, 0.25) is 0 Å². The number of morpholine rings is 1. The topological polar surface area (TPSA) is 42.0 Å². The lowest BCUT2D eigenvalue weighted by Crippen LogP contribution is -2.47. The number of nitrogens with zero attached hydrogens (tertiary/aromatic N) is 2. The van der Waals surface area contributed by atoms with Gasteiger partial charge in [-0.1, -0.05) is 0 Å². The summed E-state index contributed by atoms with van der Waals surface area (Å²) in [6.45, 7) is 13.7.